The molecule has 0 aliphatic rings. The number of sulfonamides is 1. The van der Waals surface area contributed by atoms with Gasteiger partial charge in [0.1, 0.15) is 0 Å². The van der Waals surface area contributed by atoms with Crippen LogP contribution in [0.1, 0.15) is 32.4 Å². The second-order valence-corrected chi connectivity index (χ2v) is 7.93. The summed E-state index contributed by atoms with van der Waals surface area (Å²) in [7, 11) is 0.201. The van der Waals surface area contributed by atoms with E-state index in [1.807, 2.05) is 39.8 Å². The highest BCUT2D eigenvalue weighted by Crippen LogP contribution is 2.15. The molecule has 1 aromatic carbocycles. The Morgan fingerprint density at radius 3 is 2.22 bits per heavy atom. The lowest BCUT2D eigenvalue weighted by Crippen LogP contribution is -2.50. The van der Waals surface area contributed by atoms with Crippen molar-refractivity contribution in [2.24, 2.45) is 5.14 Å². The monoisotopic (exact) mass is 342 g/mol. The van der Waals surface area contributed by atoms with Crippen molar-refractivity contribution in [1.82, 2.24) is 15.5 Å². The first-order chi connectivity index (χ1) is 10.4. The Labute approximate surface area is 138 Å². The highest BCUT2D eigenvalue weighted by Gasteiger charge is 2.21. The SMILES string of the molecule is C[C@@H](NC(=O)NCC(C)(C)N(C)C)c1ccc(S(N)(=O)=O)cc1. The van der Waals surface area contributed by atoms with Crippen LogP contribution < -0.4 is 15.8 Å². The van der Waals surface area contributed by atoms with E-state index in [-0.39, 0.29) is 22.5 Å². The van der Waals surface area contributed by atoms with E-state index in [0.717, 1.165) is 5.56 Å². The van der Waals surface area contributed by atoms with Gasteiger partial charge in [0.2, 0.25) is 10.0 Å². The zero-order valence-corrected chi connectivity index (χ0v) is 15.1. The summed E-state index contributed by atoms with van der Waals surface area (Å²) < 4.78 is 22.4. The molecule has 0 bridgehead atoms. The second-order valence-electron chi connectivity index (χ2n) is 6.37. The Morgan fingerprint density at radius 1 is 1.26 bits per heavy atom. The first-order valence-electron chi connectivity index (χ1n) is 7.28. The van der Waals surface area contributed by atoms with E-state index in [1.54, 1.807) is 12.1 Å². The number of likely N-dealkylation sites (N-methyl/N-ethyl adjacent to an activating group) is 1. The third-order valence-corrected chi connectivity index (χ3v) is 4.88. The number of hydrogen-bond acceptors (Lipinski definition) is 4. The molecule has 7 nitrogen and oxygen atoms in total. The number of urea groups is 1. The number of carbonyl (C=O) groups excluding carboxylic acids is 1. The summed E-state index contributed by atoms with van der Waals surface area (Å²) in [6.07, 6.45) is 0. The van der Waals surface area contributed by atoms with Crippen LogP contribution in [0.25, 0.3) is 0 Å². The van der Waals surface area contributed by atoms with Gasteiger partial charge in [0.05, 0.1) is 10.9 Å². The van der Waals surface area contributed by atoms with Crippen LogP contribution in [-0.2, 0) is 10.0 Å². The molecule has 1 atom stereocenters. The maximum atomic E-state index is 12.0. The van der Waals surface area contributed by atoms with E-state index in [1.165, 1.54) is 12.1 Å². The number of nitrogens with one attached hydrogen (secondary N) is 2. The number of nitrogens with two attached hydrogens (primary N) is 1. The van der Waals surface area contributed by atoms with E-state index < -0.39 is 10.0 Å². The average Bonchev–Trinajstić information content (AvgIpc) is 2.44. The van der Waals surface area contributed by atoms with Gasteiger partial charge >= 0.3 is 6.03 Å². The summed E-state index contributed by atoms with van der Waals surface area (Å²) >= 11 is 0. The fourth-order valence-electron chi connectivity index (χ4n) is 1.73. The predicted molar refractivity (Wildman–Crippen MR) is 90.5 cm³/mol. The lowest BCUT2D eigenvalue weighted by Gasteiger charge is -2.32. The first kappa shape index (κ1) is 19.4. The van der Waals surface area contributed by atoms with Crippen molar-refractivity contribution in [2.45, 2.75) is 37.2 Å². The number of primary sulfonamides is 1. The van der Waals surface area contributed by atoms with Gasteiger partial charge in [0.15, 0.2) is 0 Å². The number of hydrogen-bond donors (Lipinski definition) is 3. The van der Waals surface area contributed by atoms with Gasteiger partial charge in [-0.3, -0.25) is 0 Å². The van der Waals surface area contributed by atoms with Crippen LogP contribution in [0, 0.1) is 0 Å². The van der Waals surface area contributed by atoms with Crippen LogP contribution >= 0.6 is 0 Å². The maximum Gasteiger partial charge on any atom is 0.315 e. The molecule has 0 spiro atoms. The molecule has 0 aromatic heterocycles. The summed E-state index contributed by atoms with van der Waals surface area (Å²) in [6, 6.07) is 5.59. The second kappa shape index (κ2) is 7.29. The van der Waals surface area contributed by atoms with Gasteiger partial charge in [0, 0.05) is 12.1 Å². The first-order valence-corrected chi connectivity index (χ1v) is 8.82. The van der Waals surface area contributed by atoms with Crippen LogP contribution in [0.15, 0.2) is 29.2 Å². The van der Waals surface area contributed by atoms with E-state index >= 15 is 0 Å². The smallest absolute Gasteiger partial charge is 0.315 e. The lowest BCUT2D eigenvalue weighted by atomic mass is 10.0. The van der Waals surface area contributed by atoms with Crippen molar-refractivity contribution in [3.63, 3.8) is 0 Å². The molecule has 0 aliphatic carbocycles. The van der Waals surface area contributed by atoms with E-state index in [0.29, 0.717) is 6.54 Å². The zero-order valence-electron chi connectivity index (χ0n) is 14.3. The Hall–Kier alpha value is -1.64. The Balaban J connectivity index is 2.62. The minimum absolute atomic E-state index is 0.0469. The number of rotatable bonds is 6. The van der Waals surface area contributed by atoms with Crippen LogP contribution in [0.3, 0.4) is 0 Å². The molecule has 0 aliphatic heterocycles. The van der Waals surface area contributed by atoms with E-state index in [2.05, 4.69) is 10.6 Å². The minimum atomic E-state index is -3.71. The van der Waals surface area contributed by atoms with Gasteiger partial charge in [-0.05, 0) is 52.6 Å². The van der Waals surface area contributed by atoms with Gasteiger partial charge in [-0.2, -0.15) is 0 Å². The normalized spacial score (nSPS) is 13.7. The molecule has 130 valence electrons. The molecule has 2 amide bonds. The molecule has 0 unspecified atom stereocenters. The molecule has 1 aromatic rings. The van der Waals surface area contributed by atoms with Crippen LogP contribution in [0.4, 0.5) is 4.79 Å². The Kier molecular flexibility index (Phi) is 6.15. The summed E-state index contributed by atoms with van der Waals surface area (Å²) in [4.78, 5) is 14.0. The summed E-state index contributed by atoms with van der Waals surface area (Å²) in [5.74, 6) is 0. The lowest BCUT2D eigenvalue weighted by molar-refractivity contribution is 0.185. The number of benzene rings is 1. The van der Waals surface area contributed by atoms with Crippen molar-refractivity contribution in [2.75, 3.05) is 20.6 Å². The minimum Gasteiger partial charge on any atom is -0.336 e. The Morgan fingerprint density at radius 2 is 1.78 bits per heavy atom. The average molecular weight is 342 g/mol. The maximum absolute atomic E-state index is 12.0. The summed E-state index contributed by atoms with van der Waals surface area (Å²) in [6.45, 7) is 6.39. The van der Waals surface area contributed by atoms with Crippen molar-refractivity contribution < 1.29 is 13.2 Å². The standard InChI is InChI=1S/C15H26N4O3S/c1-11(12-6-8-13(9-7-12)23(16,21)22)18-14(20)17-10-15(2,3)19(4)5/h6-9,11H,10H2,1-5H3,(H2,16,21,22)(H2,17,18,20)/t11-/m1/s1. The molecular weight excluding hydrogens is 316 g/mol. The molecule has 23 heavy (non-hydrogen) atoms. The van der Waals surface area contributed by atoms with Gasteiger partial charge in [0.25, 0.3) is 0 Å². The van der Waals surface area contributed by atoms with Gasteiger partial charge in [-0.1, -0.05) is 12.1 Å². The van der Waals surface area contributed by atoms with Crippen LogP contribution in [-0.4, -0.2) is 45.5 Å². The predicted octanol–water partition coefficient (Wildman–Crippen LogP) is 1.03. The number of carbonyl (C=O) groups is 1. The highest BCUT2D eigenvalue weighted by atomic mass is 32.2. The van der Waals surface area contributed by atoms with E-state index in [9.17, 15) is 13.2 Å². The van der Waals surface area contributed by atoms with Crippen LogP contribution in [0.2, 0.25) is 0 Å². The highest BCUT2D eigenvalue weighted by molar-refractivity contribution is 7.89. The molecule has 0 saturated heterocycles. The fourth-order valence-corrected chi connectivity index (χ4v) is 2.25. The third-order valence-electron chi connectivity index (χ3n) is 3.95. The van der Waals surface area contributed by atoms with Crippen molar-refractivity contribution in [1.29, 1.82) is 0 Å². The molecule has 0 radical (unpaired) electrons. The van der Waals surface area contributed by atoms with Crippen molar-refractivity contribution >= 4 is 16.1 Å². The fraction of sp³-hybridized carbons (Fsp3) is 0.533. The van der Waals surface area contributed by atoms with Gasteiger partial charge in [-0.25, -0.2) is 18.4 Å². The quantitative estimate of drug-likeness (QED) is 0.718. The van der Waals surface area contributed by atoms with E-state index in [4.69, 9.17) is 5.14 Å². The molecule has 1 rings (SSSR count). The molecule has 0 fully saturated rings. The molecular formula is C15H26N4O3S. The third kappa shape index (κ3) is 5.81. The number of nitrogens with zero attached hydrogens (tertiary/aromatic N) is 1. The largest absolute Gasteiger partial charge is 0.336 e. The van der Waals surface area contributed by atoms with Gasteiger partial charge in [-0.15, -0.1) is 0 Å². The zero-order chi connectivity index (χ0) is 17.8. The molecule has 4 N–H and O–H groups in total. The van der Waals surface area contributed by atoms with Crippen molar-refractivity contribution in [3.8, 4) is 0 Å². The van der Waals surface area contributed by atoms with Crippen LogP contribution in [0.5, 0.6) is 0 Å². The van der Waals surface area contributed by atoms with Crippen molar-refractivity contribution in [3.05, 3.63) is 29.8 Å². The Bertz CT molecular complexity index is 639. The molecule has 8 heteroatoms. The van der Waals surface area contributed by atoms with Gasteiger partial charge < -0.3 is 15.5 Å². The number of amides is 2. The summed E-state index contributed by atoms with van der Waals surface area (Å²) in [5, 5.41) is 10.7. The molecule has 0 heterocycles. The topological polar surface area (TPSA) is 105 Å². The summed E-state index contributed by atoms with van der Waals surface area (Å²) in [5.41, 5.74) is 0.636. The molecule has 0 saturated carbocycles.